The number of carbonyl (C=O) groups is 3. The number of allylic oxidation sites excluding steroid dienone is 16. The van der Waals surface area contributed by atoms with Crippen LogP contribution in [0.3, 0.4) is 0 Å². The van der Waals surface area contributed by atoms with Crippen molar-refractivity contribution in [3.63, 3.8) is 0 Å². The molecule has 0 amide bonds. The van der Waals surface area contributed by atoms with Gasteiger partial charge < -0.3 is 14.2 Å². The van der Waals surface area contributed by atoms with E-state index in [2.05, 4.69) is 99.8 Å². The van der Waals surface area contributed by atoms with Crippen molar-refractivity contribution in [2.45, 2.75) is 239 Å². The molecule has 0 fully saturated rings. The monoisotopic (exact) mass is 889 g/mol. The molecule has 0 aromatic carbocycles. The number of carbonyl (C=O) groups excluding carboxylic acids is 3. The SMILES string of the molecule is CC\C=C/C=C\C=C/C=C\CCCCCCCC(=O)OC(COC(=O)CCCCCCCC/C=C\C/C=C\C/C=C\C/C=C\CC)COC(=O)CCCCCCCCCCCCCC. The third kappa shape index (κ3) is 49.3. The van der Waals surface area contributed by atoms with Gasteiger partial charge in [0, 0.05) is 19.3 Å². The molecule has 0 spiro atoms. The quantitative estimate of drug-likeness (QED) is 0.0199. The minimum absolute atomic E-state index is 0.0913. The molecular formula is C58H96O6. The van der Waals surface area contributed by atoms with Gasteiger partial charge in [-0.25, -0.2) is 0 Å². The van der Waals surface area contributed by atoms with E-state index in [0.29, 0.717) is 19.3 Å². The maximum Gasteiger partial charge on any atom is 0.306 e. The van der Waals surface area contributed by atoms with Crippen molar-refractivity contribution in [3.05, 3.63) is 97.2 Å². The Bertz CT molecular complexity index is 1300. The standard InChI is InChI=1S/C58H96O6/c1-4-7-10-13-16-19-22-25-27-28-29-30-32-33-36-39-42-45-48-51-57(60)63-54-55(53-62-56(59)50-47-44-41-38-35-24-21-18-15-12-9-6-3)64-58(61)52-49-46-43-40-37-34-31-26-23-20-17-14-11-8-5-2/h7-8,10-11,14,16-17,19-20,23,25-27,29-31,55H,4-6,9,12-13,15,18,21-22,24,28,32-54H2,1-3H3/b10-7-,11-8-,17-14-,19-16-,23-20-,27-25-,30-29-,31-26-. The molecule has 0 rings (SSSR count). The lowest BCUT2D eigenvalue weighted by molar-refractivity contribution is -0.167. The lowest BCUT2D eigenvalue weighted by Gasteiger charge is -2.18. The van der Waals surface area contributed by atoms with E-state index < -0.39 is 6.10 Å². The van der Waals surface area contributed by atoms with Crippen LogP contribution in [-0.4, -0.2) is 37.2 Å². The summed E-state index contributed by atoms with van der Waals surface area (Å²) in [4.78, 5) is 38.0. The molecular weight excluding hydrogens is 793 g/mol. The van der Waals surface area contributed by atoms with E-state index in [0.717, 1.165) is 122 Å². The molecule has 0 aromatic heterocycles. The lowest BCUT2D eigenvalue weighted by atomic mass is 10.0. The first-order valence-corrected chi connectivity index (χ1v) is 26.3. The van der Waals surface area contributed by atoms with Gasteiger partial charge in [0.1, 0.15) is 13.2 Å². The third-order valence-corrected chi connectivity index (χ3v) is 10.9. The predicted molar refractivity (Wildman–Crippen MR) is 274 cm³/mol. The van der Waals surface area contributed by atoms with Crippen LogP contribution in [0.4, 0.5) is 0 Å². The Morgan fingerprint density at radius 2 is 0.688 bits per heavy atom. The molecule has 364 valence electrons. The van der Waals surface area contributed by atoms with E-state index in [1.165, 1.54) is 70.6 Å². The van der Waals surface area contributed by atoms with Gasteiger partial charge in [0.25, 0.3) is 0 Å². The van der Waals surface area contributed by atoms with Gasteiger partial charge in [0.15, 0.2) is 6.10 Å². The minimum atomic E-state index is -0.795. The highest BCUT2D eigenvalue weighted by Gasteiger charge is 2.19. The van der Waals surface area contributed by atoms with Gasteiger partial charge in [-0.05, 0) is 77.0 Å². The molecule has 6 heteroatoms. The molecule has 1 unspecified atom stereocenters. The summed E-state index contributed by atoms with van der Waals surface area (Å²) in [6.07, 6.45) is 68.1. The van der Waals surface area contributed by atoms with Gasteiger partial charge in [0.2, 0.25) is 0 Å². The third-order valence-electron chi connectivity index (χ3n) is 10.9. The van der Waals surface area contributed by atoms with Crippen LogP contribution in [0.2, 0.25) is 0 Å². The summed E-state index contributed by atoms with van der Waals surface area (Å²) in [5.41, 5.74) is 0. The Morgan fingerprint density at radius 3 is 1.14 bits per heavy atom. The summed E-state index contributed by atoms with van der Waals surface area (Å²) in [6, 6.07) is 0. The van der Waals surface area contributed by atoms with Crippen LogP contribution in [0.1, 0.15) is 233 Å². The smallest absolute Gasteiger partial charge is 0.306 e. The van der Waals surface area contributed by atoms with E-state index in [1.807, 2.05) is 18.2 Å². The summed E-state index contributed by atoms with van der Waals surface area (Å²) in [7, 11) is 0. The molecule has 0 N–H and O–H groups in total. The summed E-state index contributed by atoms with van der Waals surface area (Å²) in [5, 5.41) is 0. The van der Waals surface area contributed by atoms with E-state index >= 15 is 0 Å². The number of esters is 3. The molecule has 0 radical (unpaired) electrons. The number of hydrogen-bond donors (Lipinski definition) is 0. The summed E-state index contributed by atoms with van der Waals surface area (Å²) < 4.78 is 16.8. The molecule has 0 aliphatic heterocycles. The molecule has 1 atom stereocenters. The molecule has 64 heavy (non-hydrogen) atoms. The van der Waals surface area contributed by atoms with E-state index in [1.54, 1.807) is 0 Å². The van der Waals surface area contributed by atoms with E-state index in [9.17, 15) is 14.4 Å². The van der Waals surface area contributed by atoms with E-state index in [-0.39, 0.29) is 31.1 Å². The van der Waals surface area contributed by atoms with Crippen LogP contribution < -0.4 is 0 Å². The second kappa shape index (κ2) is 52.0. The van der Waals surface area contributed by atoms with Crippen molar-refractivity contribution in [2.75, 3.05) is 13.2 Å². The van der Waals surface area contributed by atoms with E-state index in [4.69, 9.17) is 14.2 Å². The van der Waals surface area contributed by atoms with Crippen LogP contribution in [0.25, 0.3) is 0 Å². The zero-order valence-electron chi connectivity index (χ0n) is 41.5. The average Bonchev–Trinajstić information content (AvgIpc) is 3.29. The Kier molecular flexibility index (Phi) is 49.0. The fraction of sp³-hybridized carbons (Fsp3) is 0.672. The summed E-state index contributed by atoms with van der Waals surface area (Å²) >= 11 is 0. The first-order valence-electron chi connectivity index (χ1n) is 26.3. The molecule has 0 bridgehead atoms. The summed E-state index contributed by atoms with van der Waals surface area (Å²) in [6.45, 7) is 6.35. The Hall–Kier alpha value is -3.67. The average molecular weight is 889 g/mol. The molecule has 0 aromatic rings. The van der Waals surface area contributed by atoms with Crippen LogP contribution >= 0.6 is 0 Å². The van der Waals surface area contributed by atoms with Gasteiger partial charge >= 0.3 is 17.9 Å². The largest absolute Gasteiger partial charge is 0.462 e. The molecule has 0 aliphatic rings. The van der Waals surface area contributed by atoms with Crippen LogP contribution in [-0.2, 0) is 28.6 Å². The first-order chi connectivity index (χ1) is 31.5. The maximum absolute atomic E-state index is 12.8. The zero-order valence-corrected chi connectivity index (χ0v) is 41.5. The first kappa shape index (κ1) is 60.3. The van der Waals surface area contributed by atoms with Crippen molar-refractivity contribution >= 4 is 17.9 Å². The number of unbranched alkanes of at least 4 members (excludes halogenated alkanes) is 22. The van der Waals surface area contributed by atoms with Crippen LogP contribution in [0.5, 0.6) is 0 Å². The van der Waals surface area contributed by atoms with Crippen molar-refractivity contribution < 1.29 is 28.6 Å². The minimum Gasteiger partial charge on any atom is -0.462 e. The highest BCUT2D eigenvalue weighted by atomic mass is 16.6. The second-order valence-electron chi connectivity index (χ2n) is 17.1. The topological polar surface area (TPSA) is 78.9 Å². The van der Waals surface area contributed by atoms with Crippen LogP contribution in [0, 0.1) is 0 Å². The zero-order chi connectivity index (χ0) is 46.5. The highest BCUT2D eigenvalue weighted by molar-refractivity contribution is 5.71. The fourth-order valence-corrected chi connectivity index (χ4v) is 7.03. The number of rotatable bonds is 46. The van der Waals surface area contributed by atoms with Gasteiger partial charge in [-0.1, -0.05) is 234 Å². The van der Waals surface area contributed by atoms with Crippen molar-refractivity contribution in [3.8, 4) is 0 Å². The molecule has 0 saturated carbocycles. The van der Waals surface area contributed by atoms with Gasteiger partial charge in [0.05, 0.1) is 0 Å². The Balaban J connectivity index is 4.43. The normalized spacial score (nSPS) is 12.9. The number of ether oxygens (including phenoxy) is 3. The van der Waals surface area contributed by atoms with Crippen molar-refractivity contribution in [1.29, 1.82) is 0 Å². The van der Waals surface area contributed by atoms with Gasteiger partial charge in [-0.15, -0.1) is 0 Å². The second-order valence-corrected chi connectivity index (χ2v) is 17.1. The predicted octanol–water partition coefficient (Wildman–Crippen LogP) is 17.4. The molecule has 0 heterocycles. The fourth-order valence-electron chi connectivity index (χ4n) is 7.03. The Labute approximate surface area is 394 Å². The molecule has 0 saturated heterocycles. The highest BCUT2D eigenvalue weighted by Crippen LogP contribution is 2.15. The van der Waals surface area contributed by atoms with Crippen molar-refractivity contribution in [2.24, 2.45) is 0 Å². The summed E-state index contributed by atoms with van der Waals surface area (Å²) in [5.74, 6) is -0.930. The Morgan fingerprint density at radius 1 is 0.344 bits per heavy atom. The van der Waals surface area contributed by atoms with Gasteiger partial charge in [-0.3, -0.25) is 14.4 Å². The maximum atomic E-state index is 12.8. The van der Waals surface area contributed by atoms with Crippen LogP contribution in [0.15, 0.2) is 97.2 Å². The molecule has 6 nitrogen and oxygen atoms in total. The lowest BCUT2D eigenvalue weighted by Crippen LogP contribution is -2.30. The van der Waals surface area contributed by atoms with Gasteiger partial charge in [-0.2, -0.15) is 0 Å². The number of hydrogen-bond acceptors (Lipinski definition) is 6. The molecule has 0 aliphatic carbocycles. The van der Waals surface area contributed by atoms with Crippen molar-refractivity contribution in [1.82, 2.24) is 0 Å².